The standard InChI is InChI=1S/C12H18O2S/c13-7-4-9-15-10-8-14-11-12-5-2-1-3-6-12/h1-3,5-6,13H,4,7-11H2. The minimum atomic E-state index is 0.290. The smallest absolute Gasteiger partial charge is 0.0717 e. The molecule has 0 radical (unpaired) electrons. The highest BCUT2D eigenvalue weighted by molar-refractivity contribution is 7.99. The molecule has 0 aliphatic heterocycles. The molecule has 15 heavy (non-hydrogen) atoms. The summed E-state index contributed by atoms with van der Waals surface area (Å²) in [5.41, 5.74) is 1.22. The molecular formula is C12H18O2S. The van der Waals surface area contributed by atoms with Crippen LogP contribution < -0.4 is 0 Å². The Hall–Kier alpha value is -0.510. The van der Waals surface area contributed by atoms with Crippen LogP contribution in [0.3, 0.4) is 0 Å². The largest absolute Gasteiger partial charge is 0.396 e. The maximum absolute atomic E-state index is 8.57. The first-order valence-corrected chi connectivity index (χ1v) is 6.39. The first-order valence-electron chi connectivity index (χ1n) is 5.24. The van der Waals surface area contributed by atoms with E-state index >= 15 is 0 Å². The summed E-state index contributed by atoms with van der Waals surface area (Å²) < 4.78 is 5.52. The van der Waals surface area contributed by atoms with Crippen LogP contribution in [0.25, 0.3) is 0 Å². The molecule has 2 nitrogen and oxygen atoms in total. The summed E-state index contributed by atoms with van der Waals surface area (Å²) in [4.78, 5) is 0. The minimum absolute atomic E-state index is 0.290. The lowest BCUT2D eigenvalue weighted by Gasteiger charge is -2.03. The van der Waals surface area contributed by atoms with Gasteiger partial charge in [0.05, 0.1) is 13.2 Å². The lowest BCUT2D eigenvalue weighted by molar-refractivity contribution is 0.136. The topological polar surface area (TPSA) is 29.5 Å². The summed E-state index contributed by atoms with van der Waals surface area (Å²) in [5.74, 6) is 2.03. The molecule has 84 valence electrons. The van der Waals surface area contributed by atoms with Crippen molar-refractivity contribution in [2.75, 3.05) is 24.7 Å². The Kier molecular flexibility index (Phi) is 7.34. The molecule has 1 aromatic carbocycles. The highest BCUT2D eigenvalue weighted by Gasteiger charge is 1.92. The van der Waals surface area contributed by atoms with E-state index in [0.717, 1.165) is 24.5 Å². The fourth-order valence-corrected chi connectivity index (χ4v) is 1.92. The molecule has 3 heteroatoms. The van der Waals surface area contributed by atoms with Gasteiger partial charge in [-0.3, -0.25) is 0 Å². The van der Waals surface area contributed by atoms with Crippen LogP contribution in [0, 0.1) is 0 Å². The van der Waals surface area contributed by atoms with Gasteiger partial charge in [0.25, 0.3) is 0 Å². The molecule has 1 rings (SSSR count). The highest BCUT2D eigenvalue weighted by atomic mass is 32.2. The zero-order valence-corrected chi connectivity index (χ0v) is 9.71. The summed E-state index contributed by atoms with van der Waals surface area (Å²) in [5, 5.41) is 8.57. The van der Waals surface area contributed by atoms with Crippen molar-refractivity contribution in [1.29, 1.82) is 0 Å². The predicted octanol–water partition coefficient (Wildman–Crippen LogP) is 2.32. The molecule has 0 unspecified atom stereocenters. The van der Waals surface area contributed by atoms with Gasteiger partial charge in [0, 0.05) is 12.4 Å². The van der Waals surface area contributed by atoms with Gasteiger partial charge in [0.15, 0.2) is 0 Å². The van der Waals surface area contributed by atoms with Crippen molar-refractivity contribution < 1.29 is 9.84 Å². The first kappa shape index (κ1) is 12.6. The molecule has 0 bridgehead atoms. The van der Waals surface area contributed by atoms with Crippen LogP contribution >= 0.6 is 11.8 Å². The van der Waals surface area contributed by atoms with E-state index in [1.54, 1.807) is 0 Å². The first-order chi connectivity index (χ1) is 7.43. The monoisotopic (exact) mass is 226 g/mol. The lowest BCUT2D eigenvalue weighted by atomic mass is 10.2. The summed E-state index contributed by atoms with van der Waals surface area (Å²) >= 11 is 1.83. The SMILES string of the molecule is OCCCSCCOCc1ccccc1. The minimum Gasteiger partial charge on any atom is -0.396 e. The zero-order chi connectivity index (χ0) is 10.8. The van der Waals surface area contributed by atoms with Gasteiger partial charge in [-0.25, -0.2) is 0 Å². The average Bonchev–Trinajstić information content (AvgIpc) is 2.29. The van der Waals surface area contributed by atoms with Crippen molar-refractivity contribution >= 4 is 11.8 Å². The van der Waals surface area contributed by atoms with E-state index in [0.29, 0.717) is 6.61 Å². The summed E-state index contributed by atoms with van der Waals surface area (Å²) in [6.45, 7) is 1.77. The Morgan fingerprint density at radius 3 is 2.67 bits per heavy atom. The lowest BCUT2D eigenvalue weighted by Crippen LogP contribution is -1.98. The zero-order valence-electron chi connectivity index (χ0n) is 8.89. The van der Waals surface area contributed by atoms with Gasteiger partial charge in [-0.1, -0.05) is 30.3 Å². The van der Waals surface area contributed by atoms with Crippen molar-refractivity contribution in [2.24, 2.45) is 0 Å². The van der Waals surface area contributed by atoms with E-state index in [1.165, 1.54) is 5.56 Å². The fraction of sp³-hybridized carbons (Fsp3) is 0.500. The van der Waals surface area contributed by atoms with Gasteiger partial charge in [0.1, 0.15) is 0 Å². The van der Waals surface area contributed by atoms with Gasteiger partial charge < -0.3 is 9.84 Å². The van der Waals surface area contributed by atoms with Crippen molar-refractivity contribution in [1.82, 2.24) is 0 Å². The Morgan fingerprint density at radius 2 is 1.93 bits per heavy atom. The molecule has 0 atom stereocenters. The number of hydrogen-bond acceptors (Lipinski definition) is 3. The molecule has 0 saturated heterocycles. The normalized spacial score (nSPS) is 10.5. The van der Waals surface area contributed by atoms with Crippen LogP contribution in [0.5, 0.6) is 0 Å². The van der Waals surface area contributed by atoms with E-state index in [2.05, 4.69) is 12.1 Å². The number of thioether (sulfide) groups is 1. The quantitative estimate of drug-likeness (QED) is 0.690. The van der Waals surface area contributed by atoms with Gasteiger partial charge in [-0.05, 0) is 17.7 Å². The number of rotatable bonds is 8. The highest BCUT2D eigenvalue weighted by Crippen LogP contribution is 2.04. The van der Waals surface area contributed by atoms with Crippen LogP contribution in [0.15, 0.2) is 30.3 Å². The third-order valence-electron chi connectivity index (χ3n) is 1.93. The third kappa shape index (κ3) is 6.55. The second-order valence-corrected chi connectivity index (χ2v) is 4.45. The van der Waals surface area contributed by atoms with Gasteiger partial charge in [0.2, 0.25) is 0 Å². The number of benzene rings is 1. The molecule has 0 aliphatic rings. The molecule has 1 N–H and O–H groups in total. The number of ether oxygens (including phenoxy) is 1. The van der Waals surface area contributed by atoms with E-state index in [4.69, 9.17) is 9.84 Å². The van der Waals surface area contributed by atoms with Crippen LogP contribution in [0.1, 0.15) is 12.0 Å². The van der Waals surface area contributed by atoms with E-state index in [-0.39, 0.29) is 6.61 Å². The summed E-state index contributed by atoms with van der Waals surface area (Å²) in [6.07, 6.45) is 0.878. The van der Waals surface area contributed by atoms with Crippen LogP contribution in [0.2, 0.25) is 0 Å². The number of aliphatic hydroxyl groups is 1. The van der Waals surface area contributed by atoms with Gasteiger partial charge >= 0.3 is 0 Å². The van der Waals surface area contributed by atoms with Crippen molar-refractivity contribution in [2.45, 2.75) is 13.0 Å². The molecule has 0 aromatic heterocycles. The Morgan fingerprint density at radius 1 is 1.13 bits per heavy atom. The predicted molar refractivity (Wildman–Crippen MR) is 65.1 cm³/mol. The molecule has 0 aliphatic carbocycles. The van der Waals surface area contributed by atoms with Crippen LogP contribution in [0.4, 0.5) is 0 Å². The number of aliphatic hydroxyl groups excluding tert-OH is 1. The van der Waals surface area contributed by atoms with E-state index in [9.17, 15) is 0 Å². The Bertz CT molecular complexity index is 239. The summed E-state index contributed by atoms with van der Waals surface area (Å²) in [7, 11) is 0. The van der Waals surface area contributed by atoms with Crippen LogP contribution in [-0.4, -0.2) is 29.8 Å². The second-order valence-electron chi connectivity index (χ2n) is 3.23. The average molecular weight is 226 g/mol. The van der Waals surface area contributed by atoms with E-state index < -0.39 is 0 Å². The van der Waals surface area contributed by atoms with Gasteiger partial charge in [-0.15, -0.1) is 0 Å². The molecular weight excluding hydrogens is 208 g/mol. The Balaban J connectivity index is 1.93. The maximum Gasteiger partial charge on any atom is 0.0717 e. The summed E-state index contributed by atoms with van der Waals surface area (Å²) in [6, 6.07) is 10.2. The van der Waals surface area contributed by atoms with Crippen molar-refractivity contribution in [3.63, 3.8) is 0 Å². The molecule has 1 aromatic rings. The van der Waals surface area contributed by atoms with Crippen molar-refractivity contribution in [3.05, 3.63) is 35.9 Å². The van der Waals surface area contributed by atoms with Crippen molar-refractivity contribution in [3.8, 4) is 0 Å². The maximum atomic E-state index is 8.57. The molecule has 0 spiro atoms. The molecule has 0 saturated carbocycles. The Labute approximate surface area is 95.7 Å². The molecule has 0 amide bonds. The third-order valence-corrected chi connectivity index (χ3v) is 2.96. The molecule has 0 heterocycles. The molecule has 0 fully saturated rings. The van der Waals surface area contributed by atoms with Crippen LogP contribution in [-0.2, 0) is 11.3 Å². The fourth-order valence-electron chi connectivity index (χ4n) is 1.15. The second kappa shape index (κ2) is 8.77. The van der Waals surface area contributed by atoms with Gasteiger partial charge in [-0.2, -0.15) is 11.8 Å². The number of hydrogen-bond donors (Lipinski definition) is 1. The van der Waals surface area contributed by atoms with E-state index in [1.807, 2.05) is 30.0 Å².